The molecule has 20 heavy (non-hydrogen) atoms. The van der Waals surface area contributed by atoms with Gasteiger partial charge in [-0.3, -0.25) is 0 Å². The Morgan fingerprint density at radius 3 is 2.65 bits per heavy atom. The zero-order valence-corrected chi connectivity index (χ0v) is 11.2. The van der Waals surface area contributed by atoms with E-state index in [9.17, 15) is 13.6 Å². The Morgan fingerprint density at radius 1 is 1.45 bits per heavy atom. The second-order valence-corrected chi connectivity index (χ2v) is 5.11. The largest absolute Gasteiger partial charge is 0.465 e. The highest BCUT2D eigenvalue weighted by molar-refractivity contribution is 5.65. The van der Waals surface area contributed by atoms with Crippen LogP contribution >= 0.6 is 0 Å². The molecule has 0 radical (unpaired) electrons. The fourth-order valence-corrected chi connectivity index (χ4v) is 2.45. The van der Waals surface area contributed by atoms with Crippen molar-refractivity contribution in [1.82, 2.24) is 10.2 Å². The van der Waals surface area contributed by atoms with Crippen LogP contribution in [-0.2, 0) is 0 Å². The molecular weight excluding hydrogens is 266 g/mol. The van der Waals surface area contributed by atoms with Crippen LogP contribution in [0.1, 0.15) is 24.9 Å². The third-order valence-corrected chi connectivity index (χ3v) is 3.62. The van der Waals surface area contributed by atoms with Crippen LogP contribution in [0.3, 0.4) is 0 Å². The average Bonchev–Trinajstić information content (AvgIpc) is 2.41. The molecule has 0 saturated carbocycles. The van der Waals surface area contributed by atoms with E-state index in [1.54, 1.807) is 0 Å². The molecule has 0 bridgehead atoms. The summed E-state index contributed by atoms with van der Waals surface area (Å²) in [7, 11) is 0. The van der Waals surface area contributed by atoms with Gasteiger partial charge in [0.25, 0.3) is 5.92 Å². The zero-order chi connectivity index (χ0) is 14.8. The van der Waals surface area contributed by atoms with Gasteiger partial charge in [0.15, 0.2) is 0 Å². The van der Waals surface area contributed by atoms with Crippen molar-refractivity contribution in [3.05, 3.63) is 35.9 Å². The van der Waals surface area contributed by atoms with Gasteiger partial charge in [-0.2, -0.15) is 0 Å². The minimum Gasteiger partial charge on any atom is -0.465 e. The maximum atomic E-state index is 14.0. The number of amides is 1. The standard InChI is InChI=1S/C14H18F2N2O2/c1-10(11-5-3-2-4-6-11)17-12-7-8-18(13(19)20)9-14(12,15)16/h2-6,10,12,17H,7-9H2,1H3,(H,19,20)/t10-,12+/m0/s1. The second kappa shape index (κ2) is 5.75. The maximum absolute atomic E-state index is 14.0. The van der Waals surface area contributed by atoms with Gasteiger partial charge < -0.3 is 15.3 Å². The normalized spacial score (nSPS) is 23.4. The monoisotopic (exact) mass is 284 g/mol. The molecule has 1 aromatic rings. The Morgan fingerprint density at radius 2 is 2.10 bits per heavy atom. The first-order valence-electron chi connectivity index (χ1n) is 6.57. The number of rotatable bonds is 3. The van der Waals surface area contributed by atoms with E-state index in [0.717, 1.165) is 10.5 Å². The van der Waals surface area contributed by atoms with Gasteiger partial charge in [0.05, 0.1) is 12.6 Å². The molecular formula is C14H18F2N2O2. The number of nitrogens with one attached hydrogen (secondary N) is 1. The van der Waals surface area contributed by atoms with Gasteiger partial charge in [0, 0.05) is 12.6 Å². The number of hydrogen-bond acceptors (Lipinski definition) is 2. The van der Waals surface area contributed by atoms with Crippen LogP contribution in [0.15, 0.2) is 30.3 Å². The van der Waals surface area contributed by atoms with Crippen molar-refractivity contribution in [1.29, 1.82) is 0 Å². The lowest BCUT2D eigenvalue weighted by atomic mass is 9.98. The van der Waals surface area contributed by atoms with Crippen molar-refractivity contribution in [3.8, 4) is 0 Å². The molecule has 1 aliphatic rings. The number of likely N-dealkylation sites (tertiary alicyclic amines) is 1. The fraction of sp³-hybridized carbons (Fsp3) is 0.500. The summed E-state index contributed by atoms with van der Waals surface area (Å²) in [6, 6.07) is 8.13. The molecule has 1 aromatic carbocycles. The average molecular weight is 284 g/mol. The Hall–Kier alpha value is -1.69. The summed E-state index contributed by atoms with van der Waals surface area (Å²) >= 11 is 0. The number of carboxylic acid groups (broad SMARTS) is 1. The highest BCUT2D eigenvalue weighted by Gasteiger charge is 2.46. The van der Waals surface area contributed by atoms with E-state index in [4.69, 9.17) is 5.11 Å². The SMILES string of the molecule is C[C@H](N[C@@H]1CCN(C(=O)O)CC1(F)F)c1ccccc1. The molecule has 110 valence electrons. The predicted octanol–water partition coefficient (Wildman–Crippen LogP) is 2.72. The third-order valence-electron chi connectivity index (χ3n) is 3.62. The van der Waals surface area contributed by atoms with Crippen molar-refractivity contribution < 1.29 is 18.7 Å². The van der Waals surface area contributed by atoms with Crippen LogP contribution in [-0.4, -0.2) is 41.2 Å². The van der Waals surface area contributed by atoms with Gasteiger partial charge in [-0.1, -0.05) is 30.3 Å². The van der Waals surface area contributed by atoms with Crippen molar-refractivity contribution in [3.63, 3.8) is 0 Å². The molecule has 1 fully saturated rings. The van der Waals surface area contributed by atoms with Crippen LogP contribution in [0, 0.1) is 0 Å². The van der Waals surface area contributed by atoms with E-state index < -0.39 is 24.6 Å². The molecule has 1 heterocycles. The molecule has 4 nitrogen and oxygen atoms in total. The number of nitrogens with zero attached hydrogens (tertiary/aromatic N) is 1. The summed E-state index contributed by atoms with van der Waals surface area (Å²) in [6.45, 7) is 1.21. The van der Waals surface area contributed by atoms with Crippen molar-refractivity contribution >= 4 is 6.09 Å². The van der Waals surface area contributed by atoms with E-state index in [0.29, 0.717) is 0 Å². The van der Waals surface area contributed by atoms with E-state index >= 15 is 0 Å². The van der Waals surface area contributed by atoms with Gasteiger partial charge in [-0.15, -0.1) is 0 Å². The van der Waals surface area contributed by atoms with Gasteiger partial charge in [-0.05, 0) is 18.9 Å². The highest BCUT2D eigenvalue weighted by atomic mass is 19.3. The molecule has 1 aliphatic heterocycles. The number of alkyl halides is 2. The summed E-state index contributed by atoms with van der Waals surface area (Å²) in [5.41, 5.74) is 0.934. The van der Waals surface area contributed by atoms with Gasteiger partial charge >= 0.3 is 6.09 Å². The maximum Gasteiger partial charge on any atom is 0.407 e. The third kappa shape index (κ3) is 3.25. The van der Waals surface area contributed by atoms with Crippen LogP contribution < -0.4 is 5.32 Å². The number of hydrogen-bond donors (Lipinski definition) is 2. The molecule has 6 heteroatoms. The Labute approximate surface area is 116 Å². The first-order valence-corrected chi connectivity index (χ1v) is 6.57. The lowest BCUT2D eigenvalue weighted by molar-refractivity contribution is -0.0860. The first kappa shape index (κ1) is 14.7. The van der Waals surface area contributed by atoms with Crippen LogP contribution in [0.25, 0.3) is 0 Å². The summed E-state index contributed by atoms with van der Waals surface area (Å²) in [5.74, 6) is -3.06. The van der Waals surface area contributed by atoms with Gasteiger partial charge in [0.1, 0.15) is 0 Å². The summed E-state index contributed by atoms with van der Waals surface area (Å²) in [6.07, 6.45) is -1.18. The lowest BCUT2D eigenvalue weighted by Crippen LogP contribution is -2.58. The minimum atomic E-state index is -3.06. The van der Waals surface area contributed by atoms with Crippen molar-refractivity contribution in [2.45, 2.75) is 31.4 Å². The van der Waals surface area contributed by atoms with Gasteiger partial charge in [0.2, 0.25) is 0 Å². The highest BCUT2D eigenvalue weighted by Crippen LogP contribution is 2.29. The molecule has 1 amide bonds. The fourth-order valence-electron chi connectivity index (χ4n) is 2.45. The molecule has 2 N–H and O–H groups in total. The number of piperidine rings is 1. The van der Waals surface area contributed by atoms with Crippen LogP contribution in [0.4, 0.5) is 13.6 Å². The van der Waals surface area contributed by atoms with E-state index in [1.165, 1.54) is 0 Å². The first-order chi connectivity index (χ1) is 9.40. The number of halogens is 2. The molecule has 0 spiro atoms. The smallest absolute Gasteiger partial charge is 0.407 e. The molecule has 1 saturated heterocycles. The van der Waals surface area contributed by atoms with Crippen molar-refractivity contribution in [2.24, 2.45) is 0 Å². The van der Waals surface area contributed by atoms with Crippen LogP contribution in [0.5, 0.6) is 0 Å². The predicted molar refractivity (Wildman–Crippen MR) is 70.9 cm³/mol. The molecule has 0 aromatic heterocycles. The second-order valence-electron chi connectivity index (χ2n) is 5.11. The van der Waals surface area contributed by atoms with E-state index in [-0.39, 0.29) is 19.0 Å². The number of carbonyl (C=O) groups is 1. The van der Waals surface area contributed by atoms with E-state index in [1.807, 2.05) is 37.3 Å². The van der Waals surface area contributed by atoms with Gasteiger partial charge in [-0.25, -0.2) is 13.6 Å². The summed E-state index contributed by atoms with van der Waals surface area (Å²) in [4.78, 5) is 11.5. The number of benzene rings is 1. The zero-order valence-electron chi connectivity index (χ0n) is 11.2. The Balaban J connectivity index is 2.01. The van der Waals surface area contributed by atoms with Crippen molar-refractivity contribution in [2.75, 3.05) is 13.1 Å². The Kier molecular flexibility index (Phi) is 4.23. The molecule has 2 rings (SSSR count). The topological polar surface area (TPSA) is 52.6 Å². The minimum absolute atomic E-state index is 0.108. The quantitative estimate of drug-likeness (QED) is 0.897. The summed E-state index contributed by atoms with van der Waals surface area (Å²) < 4.78 is 28.0. The van der Waals surface area contributed by atoms with Crippen LogP contribution in [0.2, 0.25) is 0 Å². The molecule has 0 aliphatic carbocycles. The van der Waals surface area contributed by atoms with E-state index in [2.05, 4.69) is 5.32 Å². The Bertz CT molecular complexity index is 468. The summed E-state index contributed by atoms with van der Waals surface area (Å²) in [5, 5.41) is 11.7. The molecule has 0 unspecified atom stereocenters. The lowest BCUT2D eigenvalue weighted by Gasteiger charge is -2.38. The molecule has 2 atom stereocenters.